The van der Waals surface area contributed by atoms with Gasteiger partial charge in [-0.2, -0.15) is 5.26 Å². The van der Waals surface area contributed by atoms with Crippen LogP contribution in [0.5, 0.6) is 0 Å². The average Bonchev–Trinajstić information content (AvgIpc) is 3.22. The summed E-state index contributed by atoms with van der Waals surface area (Å²) in [6, 6.07) is 39.8. The Morgan fingerprint density at radius 1 is 0.559 bits per heavy atom. The molecule has 1 aromatic heterocycles. The quantitative estimate of drug-likeness (QED) is 0.274. The third-order valence-electron chi connectivity index (χ3n) is 6.30. The molecule has 0 radical (unpaired) electrons. The molecule has 0 fully saturated rings. The smallest absolute Gasteiger partial charge is 0.148 e. The predicted octanol–water partition coefficient (Wildman–Crippen LogP) is 8.13. The van der Waals surface area contributed by atoms with Crippen LogP contribution in [0.1, 0.15) is 5.56 Å². The third kappa shape index (κ3) is 3.25. The fourth-order valence-corrected chi connectivity index (χ4v) is 4.66. The van der Waals surface area contributed by atoms with Crippen LogP contribution in [0.4, 0.5) is 4.39 Å². The van der Waals surface area contributed by atoms with Gasteiger partial charge in [-0.05, 0) is 64.7 Å². The van der Waals surface area contributed by atoms with E-state index in [2.05, 4.69) is 60.7 Å². The minimum absolute atomic E-state index is 0.305. The highest BCUT2D eigenvalue weighted by atomic mass is 19.1. The maximum absolute atomic E-state index is 15.2. The van der Waals surface area contributed by atoms with Crippen molar-refractivity contribution in [2.45, 2.75) is 0 Å². The van der Waals surface area contributed by atoms with Crippen LogP contribution in [0, 0.1) is 17.1 Å². The first kappa shape index (κ1) is 20.0. The molecule has 0 aliphatic carbocycles. The largest absolute Gasteiger partial charge is 0.306 e. The summed E-state index contributed by atoms with van der Waals surface area (Å²) in [5, 5.41) is 11.3. The van der Waals surface area contributed by atoms with Gasteiger partial charge in [0, 0.05) is 10.8 Å². The molecule has 6 rings (SSSR count). The molecule has 0 bridgehead atoms. The van der Waals surface area contributed by atoms with E-state index in [1.54, 1.807) is 12.1 Å². The van der Waals surface area contributed by atoms with Crippen molar-refractivity contribution in [1.82, 2.24) is 4.57 Å². The molecule has 2 nitrogen and oxygen atoms in total. The first-order valence-electron chi connectivity index (χ1n) is 11.1. The first-order valence-corrected chi connectivity index (χ1v) is 11.1. The van der Waals surface area contributed by atoms with Gasteiger partial charge in [-0.1, -0.05) is 72.8 Å². The van der Waals surface area contributed by atoms with Crippen LogP contribution in [-0.2, 0) is 0 Å². The zero-order valence-corrected chi connectivity index (χ0v) is 18.2. The number of nitrogens with zero attached hydrogens (tertiary/aromatic N) is 2. The van der Waals surface area contributed by atoms with Gasteiger partial charge in [-0.3, -0.25) is 0 Å². The van der Waals surface area contributed by atoms with Crippen LogP contribution in [-0.4, -0.2) is 4.57 Å². The minimum atomic E-state index is -0.419. The van der Waals surface area contributed by atoms with Crippen LogP contribution in [0.15, 0.2) is 115 Å². The van der Waals surface area contributed by atoms with Crippen LogP contribution < -0.4 is 0 Å². The fraction of sp³-hybridized carbons (Fsp3) is 0. The van der Waals surface area contributed by atoms with Crippen molar-refractivity contribution in [3.8, 4) is 34.0 Å². The molecule has 160 valence electrons. The molecule has 0 amide bonds. The molecule has 0 aliphatic heterocycles. The number of aromatic nitrogens is 1. The second-order valence-electron chi connectivity index (χ2n) is 8.31. The maximum Gasteiger partial charge on any atom is 0.148 e. The zero-order chi connectivity index (χ0) is 23.1. The van der Waals surface area contributed by atoms with Gasteiger partial charge < -0.3 is 4.57 Å². The summed E-state index contributed by atoms with van der Waals surface area (Å²) >= 11 is 0. The van der Waals surface area contributed by atoms with E-state index in [1.165, 1.54) is 6.07 Å². The molecule has 0 unspecified atom stereocenters. The summed E-state index contributed by atoms with van der Waals surface area (Å²) in [6.07, 6.45) is 0. The van der Waals surface area contributed by atoms with Crippen molar-refractivity contribution in [3.05, 3.63) is 127 Å². The normalized spacial score (nSPS) is 11.1. The molecule has 34 heavy (non-hydrogen) atoms. The SMILES string of the molecule is N#Cc1ccc(-n2c3ccc(-c4ccccc4)cc3c3cc(-c4ccccc4)ccc32)c(F)c1. The van der Waals surface area contributed by atoms with Crippen molar-refractivity contribution in [2.24, 2.45) is 0 Å². The second-order valence-corrected chi connectivity index (χ2v) is 8.31. The number of benzene rings is 5. The van der Waals surface area contributed by atoms with Gasteiger partial charge in [0.1, 0.15) is 5.82 Å². The lowest BCUT2D eigenvalue weighted by molar-refractivity contribution is 0.620. The Morgan fingerprint density at radius 3 is 1.56 bits per heavy atom. The summed E-state index contributed by atoms with van der Waals surface area (Å²) in [7, 11) is 0. The highest BCUT2D eigenvalue weighted by molar-refractivity contribution is 6.11. The Labute approximate surface area is 196 Å². The highest BCUT2D eigenvalue weighted by Gasteiger charge is 2.17. The molecule has 1 heterocycles. The molecule has 3 heteroatoms. The van der Waals surface area contributed by atoms with E-state index in [0.29, 0.717) is 11.3 Å². The molecule has 0 N–H and O–H groups in total. The number of fused-ring (bicyclic) bond motifs is 3. The van der Waals surface area contributed by atoms with Gasteiger partial charge in [-0.15, -0.1) is 0 Å². The Bertz CT molecular complexity index is 1610. The molecule has 0 saturated carbocycles. The lowest BCUT2D eigenvalue weighted by Crippen LogP contribution is -1.98. The summed E-state index contributed by atoms with van der Waals surface area (Å²) in [4.78, 5) is 0. The molecular formula is C31H19FN2. The van der Waals surface area contributed by atoms with E-state index in [0.717, 1.165) is 44.1 Å². The van der Waals surface area contributed by atoms with E-state index in [1.807, 2.05) is 47.0 Å². The predicted molar refractivity (Wildman–Crippen MR) is 136 cm³/mol. The molecule has 0 spiro atoms. The van der Waals surface area contributed by atoms with Gasteiger partial charge in [0.05, 0.1) is 28.4 Å². The minimum Gasteiger partial charge on any atom is -0.306 e. The van der Waals surface area contributed by atoms with Gasteiger partial charge in [-0.25, -0.2) is 4.39 Å². The number of hydrogen-bond donors (Lipinski definition) is 0. The van der Waals surface area contributed by atoms with Gasteiger partial charge in [0.25, 0.3) is 0 Å². The lowest BCUT2D eigenvalue weighted by atomic mass is 10.0. The topological polar surface area (TPSA) is 28.7 Å². The molecule has 0 aliphatic rings. The fourth-order valence-electron chi connectivity index (χ4n) is 4.66. The van der Waals surface area contributed by atoms with Crippen molar-refractivity contribution in [2.75, 3.05) is 0 Å². The molecule has 6 aromatic rings. The summed E-state index contributed by atoms with van der Waals surface area (Å²) in [6.45, 7) is 0. The number of rotatable bonds is 3. The van der Waals surface area contributed by atoms with E-state index in [4.69, 9.17) is 0 Å². The second kappa shape index (κ2) is 8.03. The summed E-state index contributed by atoms with van der Waals surface area (Å²) in [5.41, 5.74) is 7.06. The van der Waals surface area contributed by atoms with Crippen LogP contribution >= 0.6 is 0 Å². The zero-order valence-electron chi connectivity index (χ0n) is 18.2. The molecule has 0 atom stereocenters. The lowest BCUT2D eigenvalue weighted by Gasteiger charge is -2.10. The number of halogens is 1. The number of nitriles is 1. The van der Waals surface area contributed by atoms with Crippen molar-refractivity contribution in [3.63, 3.8) is 0 Å². The first-order chi connectivity index (χ1) is 16.7. The average molecular weight is 439 g/mol. The van der Waals surface area contributed by atoms with E-state index >= 15 is 4.39 Å². The molecular weight excluding hydrogens is 419 g/mol. The monoisotopic (exact) mass is 438 g/mol. The molecule has 0 saturated heterocycles. The maximum atomic E-state index is 15.2. The van der Waals surface area contributed by atoms with Crippen molar-refractivity contribution in [1.29, 1.82) is 5.26 Å². The van der Waals surface area contributed by atoms with E-state index < -0.39 is 5.82 Å². The van der Waals surface area contributed by atoms with Gasteiger partial charge in [0.15, 0.2) is 0 Å². The Morgan fingerprint density at radius 2 is 1.09 bits per heavy atom. The van der Waals surface area contributed by atoms with Crippen molar-refractivity contribution < 1.29 is 4.39 Å². The van der Waals surface area contributed by atoms with E-state index in [-0.39, 0.29) is 0 Å². The number of hydrogen-bond acceptors (Lipinski definition) is 1. The Kier molecular flexibility index (Phi) is 4.71. The standard InChI is InChI=1S/C31H19FN2/c32-28-17-21(20-33)11-14-31(28)34-29-15-12-24(22-7-3-1-4-8-22)18-26(29)27-19-25(13-16-30(27)34)23-9-5-2-6-10-23/h1-19H. The summed E-state index contributed by atoms with van der Waals surface area (Å²) < 4.78 is 17.1. The van der Waals surface area contributed by atoms with Crippen molar-refractivity contribution >= 4 is 21.8 Å². The van der Waals surface area contributed by atoms with Crippen LogP contribution in [0.3, 0.4) is 0 Å². The van der Waals surface area contributed by atoms with Gasteiger partial charge in [0.2, 0.25) is 0 Å². The van der Waals surface area contributed by atoms with Crippen LogP contribution in [0.2, 0.25) is 0 Å². The third-order valence-corrected chi connectivity index (χ3v) is 6.30. The Balaban J connectivity index is 1.67. The van der Waals surface area contributed by atoms with Crippen LogP contribution in [0.25, 0.3) is 49.7 Å². The summed E-state index contributed by atoms with van der Waals surface area (Å²) in [5.74, 6) is -0.419. The van der Waals surface area contributed by atoms with E-state index in [9.17, 15) is 5.26 Å². The Hall–Kier alpha value is -4.68. The van der Waals surface area contributed by atoms with Gasteiger partial charge >= 0.3 is 0 Å². The molecule has 5 aromatic carbocycles. The highest BCUT2D eigenvalue weighted by Crippen LogP contribution is 2.37.